The van der Waals surface area contributed by atoms with Gasteiger partial charge in [-0.05, 0) is 6.92 Å². The van der Waals surface area contributed by atoms with Crippen LogP contribution in [0.4, 0.5) is 0 Å². The van der Waals surface area contributed by atoms with Crippen molar-refractivity contribution in [3.05, 3.63) is 29.3 Å². The molecule has 0 spiro atoms. The highest BCUT2D eigenvalue weighted by molar-refractivity contribution is 5.29. The third-order valence-electron chi connectivity index (χ3n) is 2.66. The molecule has 0 aromatic carbocycles. The number of hydrogen-bond donors (Lipinski definition) is 2. The van der Waals surface area contributed by atoms with Crippen LogP contribution >= 0.6 is 0 Å². The van der Waals surface area contributed by atoms with Crippen LogP contribution in [0.15, 0.2) is 16.8 Å². The van der Waals surface area contributed by atoms with Gasteiger partial charge in [-0.1, -0.05) is 5.16 Å². The van der Waals surface area contributed by atoms with E-state index in [2.05, 4.69) is 15.6 Å². The highest BCUT2D eigenvalue weighted by Gasteiger charge is 2.22. The Morgan fingerprint density at radius 1 is 1.62 bits per heavy atom. The molecule has 16 heavy (non-hydrogen) atoms. The lowest BCUT2D eigenvalue weighted by Gasteiger charge is -2.16. The number of aliphatic hydroxyl groups is 1. The fraction of sp³-hybridized carbons (Fsp3) is 0.400. The molecular formula is C10H12N4O2. The number of aryl methyl sites for hydroxylation is 1. The maximum atomic E-state index is 9.77. The van der Waals surface area contributed by atoms with Crippen molar-refractivity contribution in [3.8, 4) is 5.82 Å². The zero-order chi connectivity index (χ0) is 11.1. The van der Waals surface area contributed by atoms with Crippen molar-refractivity contribution in [2.24, 2.45) is 0 Å². The molecule has 0 saturated carbocycles. The maximum absolute atomic E-state index is 9.77. The minimum Gasteiger partial charge on any atom is -0.387 e. The van der Waals surface area contributed by atoms with Crippen LogP contribution in [-0.4, -0.2) is 26.6 Å². The van der Waals surface area contributed by atoms with Crippen molar-refractivity contribution in [1.29, 1.82) is 0 Å². The van der Waals surface area contributed by atoms with Crippen molar-refractivity contribution < 1.29 is 9.63 Å². The molecule has 1 atom stereocenters. The lowest BCUT2D eigenvalue weighted by Crippen LogP contribution is -2.27. The molecule has 2 aromatic rings. The van der Waals surface area contributed by atoms with Crippen LogP contribution in [-0.2, 0) is 6.54 Å². The van der Waals surface area contributed by atoms with Gasteiger partial charge in [0.05, 0.1) is 11.8 Å². The standard InChI is InChI=1S/C10H12N4O2/c1-6-2-10(13-16-6)14-5-7-8(12-14)3-11-4-9(7)15/h2,5,9,11,15H,3-4H2,1H3. The molecule has 3 rings (SSSR count). The highest BCUT2D eigenvalue weighted by atomic mass is 16.5. The van der Waals surface area contributed by atoms with Crippen molar-refractivity contribution in [2.75, 3.05) is 6.54 Å². The molecule has 0 saturated heterocycles. The van der Waals surface area contributed by atoms with Gasteiger partial charge < -0.3 is 14.9 Å². The van der Waals surface area contributed by atoms with E-state index in [1.807, 2.05) is 6.92 Å². The molecule has 2 aromatic heterocycles. The predicted octanol–water partition coefficient (Wildman–Crippen LogP) is 0.305. The van der Waals surface area contributed by atoms with Gasteiger partial charge in [0.2, 0.25) is 0 Å². The van der Waals surface area contributed by atoms with Crippen LogP contribution in [0.3, 0.4) is 0 Å². The quantitative estimate of drug-likeness (QED) is 0.723. The van der Waals surface area contributed by atoms with E-state index in [1.165, 1.54) is 0 Å². The summed E-state index contributed by atoms with van der Waals surface area (Å²) in [6, 6.07) is 1.80. The van der Waals surface area contributed by atoms with E-state index in [9.17, 15) is 5.11 Å². The zero-order valence-corrected chi connectivity index (χ0v) is 8.84. The Balaban J connectivity index is 2.04. The first kappa shape index (κ1) is 9.56. The summed E-state index contributed by atoms with van der Waals surface area (Å²) in [7, 11) is 0. The van der Waals surface area contributed by atoms with Crippen LogP contribution in [0.5, 0.6) is 0 Å². The van der Waals surface area contributed by atoms with E-state index in [4.69, 9.17) is 4.52 Å². The number of fused-ring (bicyclic) bond motifs is 1. The number of nitrogens with zero attached hydrogens (tertiary/aromatic N) is 3. The van der Waals surface area contributed by atoms with E-state index >= 15 is 0 Å². The summed E-state index contributed by atoms with van der Waals surface area (Å²) in [5.41, 5.74) is 1.72. The van der Waals surface area contributed by atoms with Crippen molar-refractivity contribution >= 4 is 0 Å². The Morgan fingerprint density at radius 3 is 3.19 bits per heavy atom. The molecule has 6 nitrogen and oxygen atoms in total. The Morgan fingerprint density at radius 2 is 2.50 bits per heavy atom. The minimum atomic E-state index is -0.495. The molecular weight excluding hydrogens is 208 g/mol. The van der Waals surface area contributed by atoms with Gasteiger partial charge in [0, 0.05) is 30.9 Å². The number of aliphatic hydroxyl groups excluding tert-OH is 1. The number of β-amino-alcohol motifs (C(OH)–C–C–N with tert-alkyl or cyclic N) is 1. The number of aromatic nitrogens is 3. The summed E-state index contributed by atoms with van der Waals surface area (Å²) in [6.07, 6.45) is 1.31. The second-order valence-corrected chi connectivity index (χ2v) is 3.92. The van der Waals surface area contributed by atoms with Crippen molar-refractivity contribution in [3.63, 3.8) is 0 Å². The van der Waals surface area contributed by atoms with Crippen molar-refractivity contribution in [1.82, 2.24) is 20.3 Å². The normalized spacial score (nSPS) is 19.8. The maximum Gasteiger partial charge on any atom is 0.196 e. The summed E-state index contributed by atoms with van der Waals surface area (Å²) in [4.78, 5) is 0. The third kappa shape index (κ3) is 1.43. The van der Waals surface area contributed by atoms with E-state index in [1.54, 1.807) is 16.9 Å². The lowest BCUT2D eigenvalue weighted by atomic mass is 10.1. The Labute approximate surface area is 91.9 Å². The summed E-state index contributed by atoms with van der Waals surface area (Å²) in [5.74, 6) is 1.38. The minimum absolute atomic E-state index is 0.495. The average molecular weight is 220 g/mol. The molecule has 1 unspecified atom stereocenters. The molecule has 3 heterocycles. The zero-order valence-electron chi connectivity index (χ0n) is 8.84. The molecule has 84 valence electrons. The molecule has 2 N–H and O–H groups in total. The molecule has 0 bridgehead atoms. The molecule has 1 aliphatic heterocycles. The van der Waals surface area contributed by atoms with E-state index in [0.717, 1.165) is 17.0 Å². The SMILES string of the molecule is Cc1cc(-n2cc3c(n2)CNCC3O)no1. The van der Waals surface area contributed by atoms with Crippen molar-refractivity contribution in [2.45, 2.75) is 19.6 Å². The van der Waals surface area contributed by atoms with Gasteiger partial charge in [-0.25, -0.2) is 4.68 Å². The third-order valence-corrected chi connectivity index (χ3v) is 2.66. The fourth-order valence-electron chi connectivity index (χ4n) is 1.85. The van der Waals surface area contributed by atoms with Crippen LogP contribution < -0.4 is 5.32 Å². The second-order valence-electron chi connectivity index (χ2n) is 3.92. The highest BCUT2D eigenvalue weighted by Crippen LogP contribution is 2.22. The number of hydrogen-bond acceptors (Lipinski definition) is 5. The molecule has 6 heteroatoms. The average Bonchev–Trinajstić information content (AvgIpc) is 2.84. The monoisotopic (exact) mass is 220 g/mol. The molecule has 0 aliphatic carbocycles. The van der Waals surface area contributed by atoms with Gasteiger partial charge in [-0.2, -0.15) is 5.10 Å². The topological polar surface area (TPSA) is 76.1 Å². The van der Waals surface area contributed by atoms with Gasteiger partial charge in [0.1, 0.15) is 5.76 Å². The summed E-state index contributed by atoms with van der Waals surface area (Å²) >= 11 is 0. The molecule has 1 aliphatic rings. The first-order chi connectivity index (χ1) is 7.74. The van der Waals surface area contributed by atoms with Crippen LogP contribution in [0.25, 0.3) is 5.82 Å². The van der Waals surface area contributed by atoms with Gasteiger partial charge >= 0.3 is 0 Å². The van der Waals surface area contributed by atoms with E-state index in [0.29, 0.717) is 18.9 Å². The molecule has 0 fully saturated rings. The van der Waals surface area contributed by atoms with Gasteiger partial charge in [0.25, 0.3) is 0 Å². The largest absolute Gasteiger partial charge is 0.387 e. The van der Waals surface area contributed by atoms with E-state index < -0.39 is 6.10 Å². The number of rotatable bonds is 1. The fourth-order valence-corrected chi connectivity index (χ4v) is 1.85. The first-order valence-electron chi connectivity index (χ1n) is 5.15. The summed E-state index contributed by atoms with van der Waals surface area (Å²) < 4.78 is 6.63. The first-order valence-corrected chi connectivity index (χ1v) is 5.15. The molecule has 0 radical (unpaired) electrons. The van der Waals surface area contributed by atoms with Crippen LogP contribution in [0, 0.1) is 6.92 Å². The summed E-state index contributed by atoms with van der Waals surface area (Å²) in [5, 5.41) is 21.1. The second kappa shape index (κ2) is 3.43. The number of nitrogens with one attached hydrogen (secondary N) is 1. The predicted molar refractivity (Wildman–Crippen MR) is 55.0 cm³/mol. The van der Waals surface area contributed by atoms with Gasteiger partial charge in [-0.3, -0.25) is 0 Å². The Hall–Kier alpha value is -1.66. The molecule has 0 amide bonds. The van der Waals surface area contributed by atoms with Gasteiger partial charge in [-0.15, -0.1) is 0 Å². The Bertz CT molecular complexity index is 517. The van der Waals surface area contributed by atoms with Gasteiger partial charge in [0.15, 0.2) is 5.82 Å². The van der Waals surface area contributed by atoms with Crippen LogP contribution in [0.2, 0.25) is 0 Å². The van der Waals surface area contributed by atoms with Crippen LogP contribution in [0.1, 0.15) is 23.1 Å². The lowest BCUT2D eigenvalue weighted by molar-refractivity contribution is 0.165. The Kier molecular flexibility index (Phi) is 2.05. The smallest absolute Gasteiger partial charge is 0.196 e. The summed E-state index contributed by atoms with van der Waals surface area (Å²) in [6.45, 7) is 3.07. The van der Waals surface area contributed by atoms with E-state index in [-0.39, 0.29) is 0 Å².